The normalized spacial score (nSPS) is 11.9. The molecule has 8 nitrogen and oxygen atoms in total. The minimum Gasteiger partial charge on any atom is -0.408 e. The van der Waals surface area contributed by atoms with Crippen molar-refractivity contribution in [1.29, 1.82) is 0 Å². The number of aromatic nitrogens is 2. The number of benzene rings is 1. The van der Waals surface area contributed by atoms with Gasteiger partial charge in [-0.1, -0.05) is 6.07 Å². The van der Waals surface area contributed by atoms with Crippen molar-refractivity contribution in [3.8, 4) is 0 Å². The molecule has 0 aliphatic heterocycles. The molecule has 0 aliphatic carbocycles. The second-order valence-corrected chi connectivity index (χ2v) is 7.13. The van der Waals surface area contributed by atoms with E-state index in [0.717, 1.165) is 0 Å². The first kappa shape index (κ1) is 16.2. The minimum atomic E-state index is -3.79. The Morgan fingerprint density at radius 3 is 2.58 bits per heavy atom. The Morgan fingerprint density at radius 1 is 1.12 bits per heavy atom. The Bertz CT molecular complexity index is 1140. The predicted octanol–water partition coefficient (Wildman–Crippen LogP) is 0.309. The number of nitrogens with one attached hydrogen (secondary N) is 1. The molecule has 3 aromatic rings. The zero-order chi connectivity index (χ0) is 17.5. The van der Waals surface area contributed by atoms with E-state index in [4.69, 9.17) is 4.42 Å². The van der Waals surface area contributed by atoms with Gasteiger partial charge in [-0.15, -0.1) is 0 Å². The first-order valence-electron chi connectivity index (χ1n) is 7.03. The third kappa shape index (κ3) is 2.91. The number of rotatable bonds is 4. The molecule has 0 radical (unpaired) electrons. The smallest absolute Gasteiger partial charge is 0.408 e. The molecule has 0 unspecified atom stereocenters. The van der Waals surface area contributed by atoms with Crippen LogP contribution in [-0.4, -0.2) is 17.6 Å². The van der Waals surface area contributed by atoms with Gasteiger partial charge in [-0.05, 0) is 17.7 Å². The lowest BCUT2D eigenvalue weighted by molar-refractivity contribution is 0.527. The highest BCUT2D eigenvalue weighted by Gasteiger charge is 2.16. The minimum absolute atomic E-state index is 0.00540. The van der Waals surface area contributed by atoms with E-state index in [1.807, 2.05) is 0 Å². The highest BCUT2D eigenvalue weighted by Crippen LogP contribution is 2.18. The SMILES string of the molecule is Cn1cc(CNS(=O)(=O)c2ccc3c(c2)oc(=O)n3C)ccc1=O. The van der Waals surface area contributed by atoms with E-state index in [-0.39, 0.29) is 22.6 Å². The summed E-state index contributed by atoms with van der Waals surface area (Å²) in [7, 11) is -0.654. The summed E-state index contributed by atoms with van der Waals surface area (Å²) in [5, 5.41) is 0. The summed E-state index contributed by atoms with van der Waals surface area (Å²) in [5.41, 5.74) is 1.18. The molecule has 1 N–H and O–H groups in total. The first-order chi connectivity index (χ1) is 11.3. The molecule has 0 spiro atoms. The Hall–Kier alpha value is -2.65. The molecule has 24 heavy (non-hydrogen) atoms. The van der Waals surface area contributed by atoms with Crippen LogP contribution in [0.4, 0.5) is 0 Å². The molecule has 9 heteroatoms. The van der Waals surface area contributed by atoms with Gasteiger partial charge in [0.15, 0.2) is 5.58 Å². The fraction of sp³-hybridized carbons (Fsp3) is 0.200. The average molecular weight is 349 g/mol. The lowest BCUT2D eigenvalue weighted by Crippen LogP contribution is -2.24. The Labute approximate surface area is 137 Å². The van der Waals surface area contributed by atoms with Gasteiger partial charge in [0.1, 0.15) is 0 Å². The molecule has 2 aromatic heterocycles. The summed E-state index contributed by atoms with van der Waals surface area (Å²) in [6.07, 6.45) is 1.56. The molecule has 3 rings (SSSR count). The van der Waals surface area contributed by atoms with Crippen LogP contribution in [0.2, 0.25) is 0 Å². The van der Waals surface area contributed by atoms with Crippen molar-refractivity contribution in [2.75, 3.05) is 0 Å². The number of hydrogen-bond acceptors (Lipinski definition) is 5. The molecule has 0 aliphatic rings. The number of hydrogen-bond donors (Lipinski definition) is 1. The van der Waals surface area contributed by atoms with Crippen LogP contribution in [0.1, 0.15) is 5.56 Å². The number of aryl methyl sites for hydroxylation is 2. The maximum absolute atomic E-state index is 12.4. The number of nitrogens with zero attached hydrogens (tertiary/aromatic N) is 2. The Balaban J connectivity index is 1.88. The van der Waals surface area contributed by atoms with Gasteiger partial charge in [0.25, 0.3) is 0 Å². The summed E-state index contributed by atoms with van der Waals surface area (Å²) in [6.45, 7) is 0.0349. The van der Waals surface area contributed by atoms with Crippen molar-refractivity contribution in [2.24, 2.45) is 14.1 Å². The Morgan fingerprint density at radius 2 is 1.88 bits per heavy atom. The van der Waals surface area contributed by atoms with Crippen LogP contribution in [-0.2, 0) is 30.7 Å². The molecule has 0 amide bonds. The van der Waals surface area contributed by atoms with E-state index in [9.17, 15) is 18.0 Å². The van der Waals surface area contributed by atoms with Gasteiger partial charge in [-0.25, -0.2) is 17.9 Å². The lowest BCUT2D eigenvalue weighted by Gasteiger charge is -2.08. The highest BCUT2D eigenvalue weighted by atomic mass is 32.2. The molecule has 1 aromatic carbocycles. The van der Waals surface area contributed by atoms with Gasteiger partial charge >= 0.3 is 5.76 Å². The third-order valence-corrected chi connectivity index (χ3v) is 5.09. The van der Waals surface area contributed by atoms with E-state index in [0.29, 0.717) is 11.1 Å². The van der Waals surface area contributed by atoms with Crippen molar-refractivity contribution in [3.05, 3.63) is 63.0 Å². The van der Waals surface area contributed by atoms with Gasteiger partial charge in [0, 0.05) is 39.0 Å². The highest BCUT2D eigenvalue weighted by molar-refractivity contribution is 7.89. The summed E-state index contributed by atoms with van der Waals surface area (Å²) in [6, 6.07) is 7.15. The molecule has 0 saturated carbocycles. The fourth-order valence-corrected chi connectivity index (χ4v) is 3.33. The predicted molar refractivity (Wildman–Crippen MR) is 87.2 cm³/mol. The summed E-state index contributed by atoms with van der Waals surface area (Å²) >= 11 is 0. The van der Waals surface area contributed by atoms with Crippen LogP contribution in [0, 0.1) is 0 Å². The zero-order valence-corrected chi connectivity index (χ0v) is 13.8. The van der Waals surface area contributed by atoms with Crippen LogP contribution in [0.5, 0.6) is 0 Å². The second kappa shape index (κ2) is 5.77. The van der Waals surface area contributed by atoms with E-state index in [1.165, 1.54) is 33.4 Å². The fourth-order valence-electron chi connectivity index (χ4n) is 2.30. The third-order valence-electron chi connectivity index (χ3n) is 3.69. The molecule has 0 bridgehead atoms. The number of fused-ring (bicyclic) bond motifs is 1. The van der Waals surface area contributed by atoms with Crippen molar-refractivity contribution >= 4 is 21.1 Å². The van der Waals surface area contributed by atoms with E-state index in [1.54, 1.807) is 26.4 Å². The molecule has 0 atom stereocenters. The quantitative estimate of drug-likeness (QED) is 0.730. The molecule has 126 valence electrons. The molecular weight excluding hydrogens is 334 g/mol. The second-order valence-electron chi connectivity index (χ2n) is 5.37. The van der Waals surface area contributed by atoms with Crippen molar-refractivity contribution in [2.45, 2.75) is 11.4 Å². The average Bonchev–Trinajstić information content (AvgIpc) is 2.83. The monoisotopic (exact) mass is 349 g/mol. The largest absolute Gasteiger partial charge is 0.419 e. The van der Waals surface area contributed by atoms with E-state index < -0.39 is 15.8 Å². The van der Waals surface area contributed by atoms with Gasteiger partial charge < -0.3 is 8.98 Å². The van der Waals surface area contributed by atoms with E-state index in [2.05, 4.69) is 4.72 Å². The summed E-state index contributed by atoms with van der Waals surface area (Å²) in [4.78, 5) is 22.8. The lowest BCUT2D eigenvalue weighted by atomic mass is 10.3. The van der Waals surface area contributed by atoms with Crippen molar-refractivity contribution < 1.29 is 12.8 Å². The Kier molecular flexibility index (Phi) is 3.90. The van der Waals surface area contributed by atoms with Gasteiger partial charge in [-0.3, -0.25) is 9.36 Å². The molecule has 0 fully saturated rings. The number of oxazole rings is 1. The van der Waals surface area contributed by atoms with E-state index >= 15 is 0 Å². The number of pyridine rings is 1. The summed E-state index contributed by atoms with van der Waals surface area (Å²) in [5.74, 6) is -0.558. The van der Waals surface area contributed by atoms with Crippen LogP contribution >= 0.6 is 0 Å². The molecule has 2 heterocycles. The molecular formula is C15H15N3O5S. The maximum atomic E-state index is 12.4. The van der Waals surface area contributed by atoms with Gasteiger partial charge in [0.05, 0.1) is 10.4 Å². The van der Waals surface area contributed by atoms with Gasteiger partial charge in [-0.2, -0.15) is 0 Å². The van der Waals surface area contributed by atoms with Crippen molar-refractivity contribution in [3.63, 3.8) is 0 Å². The topological polar surface area (TPSA) is 103 Å². The standard InChI is InChI=1S/C15H15N3O5S/c1-17-9-10(3-6-14(17)19)8-16-24(21,22)11-4-5-12-13(7-11)23-15(20)18(12)2/h3-7,9,16H,8H2,1-2H3. The van der Waals surface area contributed by atoms with Crippen molar-refractivity contribution in [1.82, 2.24) is 13.9 Å². The van der Waals surface area contributed by atoms with Crippen LogP contribution < -0.4 is 16.0 Å². The van der Waals surface area contributed by atoms with Crippen LogP contribution in [0.15, 0.2) is 55.4 Å². The zero-order valence-electron chi connectivity index (χ0n) is 13.0. The molecule has 0 saturated heterocycles. The van der Waals surface area contributed by atoms with Crippen LogP contribution in [0.3, 0.4) is 0 Å². The maximum Gasteiger partial charge on any atom is 0.419 e. The first-order valence-corrected chi connectivity index (χ1v) is 8.51. The van der Waals surface area contributed by atoms with Gasteiger partial charge in [0.2, 0.25) is 15.6 Å². The van der Waals surface area contributed by atoms with Crippen LogP contribution in [0.25, 0.3) is 11.1 Å². The summed E-state index contributed by atoms with van der Waals surface area (Å²) < 4.78 is 34.9. The number of sulfonamides is 1.